The highest BCUT2D eigenvalue weighted by molar-refractivity contribution is 5.89. The molecular formula is C29H31NO11. The van der Waals surface area contributed by atoms with Crippen LogP contribution in [-0.4, -0.2) is 90.4 Å². The fourth-order valence-corrected chi connectivity index (χ4v) is 4.84. The molecule has 1 saturated carbocycles. The molecule has 0 spiro atoms. The molecule has 2 fully saturated rings. The van der Waals surface area contributed by atoms with Crippen LogP contribution < -0.4 is 0 Å². The zero-order valence-corrected chi connectivity index (χ0v) is 21.9. The van der Waals surface area contributed by atoms with Crippen molar-refractivity contribution in [1.82, 2.24) is 4.90 Å². The summed E-state index contributed by atoms with van der Waals surface area (Å²) in [7, 11) is 0. The fourth-order valence-electron chi connectivity index (χ4n) is 4.84. The molecule has 4 rings (SSSR count). The molecule has 12 heteroatoms. The van der Waals surface area contributed by atoms with Crippen LogP contribution in [0.5, 0.6) is 23.0 Å². The van der Waals surface area contributed by atoms with Crippen molar-refractivity contribution in [1.29, 1.82) is 0 Å². The van der Waals surface area contributed by atoms with E-state index in [-0.39, 0.29) is 11.5 Å². The van der Waals surface area contributed by atoms with E-state index < -0.39 is 66.1 Å². The quantitative estimate of drug-likeness (QED) is 0.161. The lowest BCUT2D eigenvalue weighted by Gasteiger charge is -2.43. The van der Waals surface area contributed by atoms with E-state index >= 15 is 0 Å². The third-order valence-electron chi connectivity index (χ3n) is 6.99. The molecule has 0 aromatic heterocycles. The molecule has 218 valence electrons. The van der Waals surface area contributed by atoms with Crippen LogP contribution in [0.25, 0.3) is 12.2 Å². The van der Waals surface area contributed by atoms with Crippen molar-refractivity contribution in [2.75, 3.05) is 13.1 Å². The van der Waals surface area contributed by atoms with Crippen molar-refractivity contribution in [2.24, 2.45) is 0 Å². The smallest absolute Gasteiger partial charge is 0.331 e. The minimum atomic E-state index is -2.08. The van der Waals surface area contributed by atoms with Crippen LogP contribution in [0.3, 0.4) is 0 Å². The molecule has 41 heavy (non-hydrogen) atoms. The first kappa shape index (κ1) is 29.4. The average molecular weight is 570 g/mol. The number of nitrogens with zero attached hydrogens (tertiary/aromatic N) is 1. The topological polar surface area (TPSA) is 194 Å². The number of likely N-dealkylation sites (tertiary alicyclic amines) is 1. The van der Waals surface area contributed by atoms with Gasteiger partial charge in [0.15, 0.2) is 28.6 Å². The van der Waals surface area contributed by atoms with Crippen molar-refractivity contribution in [3.63, 3.8) is 0 Å². The highest BCUT2D eigenvalue weighted by atomic mass is 16.6. The molecule has 1 amide bonds. The molecule has 0 unspecified atom stereocenters. The van der Waals surface area contributed by atoms with Gasteiger partial charge in [0, 0.05) is 38.1 Å². The summed E-state index contributed by atoms with van der Waals surface area (Å²) in [6.07, 6.45) is 0.849. The summed E-state index contributed by atoms with van der Waals surface area (Å²) in [5.74, 6) is -3.95. The van der Waals surface area contributed by atoms with Gasteiger partial charge in [-0.2, -0.15) is 0 Å². The van der Waals surface area contributed by atoms with Crippen molar-refractivity contribution in [2.45, 2.75) is 49.6 Å². The highest BCUT2D eigenvalue weighted by Gasteiger charge is 2.53. The molecule has 1 saturated heterocycles. The molecule has 6 N–H and O–H groups in total. The van der Waals surface area contributed by atoms with E-state index in [0.717, 1.165) is 25.0 Å². The number of phenols is 4. The second-order valence-corrected chi connectivity index (χ2v) is 10.0. The van der Waals surface area contributed by atoms with E-state index in [1.165, 1.54) is 53.5 Å². The first-order valence-electron chi connectivity index (χ1n) is 13.0. The lowest BCUT2D eigenvalue weighted by molar-refractivity contribution is -0.199. The SMILES string of the molecule is O=C(C=Cc1ccc(O)c(O)c1)O[C@@H]1CC(O)(C(=O)N2CCCC2)C[C@@H](OC(=O)C=Cc2ccc(O)c(O)c2)C1O. The summed E-state index contributed by atoms with van der Waals surface area (Å²) in [4.78, 5) is 39.9. The molecule has 2 atom stereocenters. The molecule has 2 aliphatic rings. The van der Waals surface area contributed by atoms with Gasteiger partial charge in [-0.05, 0) is 60.4 Å². The van der Waals surface area contributed by atoms with Gasteiger partial charge in [-0.1, -0.05) is 12.1 Å². The lowest BCUT2D eigenvalue weighted by atomic mass is 9.78. The van der Waals surface area contributed by atoms with E-state index in [1.807, 2.05) is 0 Å². The van der Waals surface area contributed by atoms with E-state index in [0.29, 0.717) is 24.2 Å². The van der Waals surface area contributed by atoms with Crippen LogP contribution in [-0.2, 0) is 23.9 Å². The number of benzene rings is 2. The van der Waals surface area contributed by atoms with Gasteiger partial charge in [0.05, 0.1) is 0 Å². The number of carbonyl (C=O) groups is 3. The number of esters is 2. The molecule has 12 nitrogen and oxygen atoms in total. The standard InChI is InChI=1S/C29H31NO11/c31-19-7-3-17(13-21(19)33)5-9-25(35)40-23-15-29(39,28(38)30-11-1-2-12-30)16-24(27(23)37)41-26(36)10-6-18-4-8-20(32)22(34)14-18/h3-10,13-14,23-24,27,31-34,37,39H,1-2,11-12,15-16H2/t23-,24-,27?,29?/m1/s1. The maximum atomic E-state index is 13.2. The van der Waals surface area contributed by atoms with Crippen LogP contribution in [0.2, 0.25) is 0 Å². The lowest BCUT2D eigenvalue weighted by Crippen LogP contribution is -2.60. The maximum Gasteiger partial charge on any atom is 0.331 e. The largest absolute Gasteiger partial charge is 0.504 e. The van der Waals surface area contributed by atoms with E-state index in [1.54, 1.807) is 0 Å². The summed E-state index contributed by atoms with van der Waals surface area (Å²) in [5, 5.41) is 60.4. The fraction of sp³-hybridized carbons (Fsp3) is 0.345. The van der Waals surface area contributed by atoms with Gasteiger partial charge in [0.1, 0.15) is 18.3 Å². The van der Waals surface area contributed by atoms with Crippen molar-refractivity contribution >= 4 is 30.0 Å². The minimum Gasteiger partial charge on any atom is -0.504 e. The highest BCUT2D eigenvalue weighted by Crippen LogP contribution is 2.35. The van der Waals surface area contributed by atoms with Crippen LogP contribution in [0.1, 0.15) is 36.8 Å². The van der Waals surface area contributed by atoms with Gasteiger partial charge in [0.25, 0.3) is 5.91 Å². The number of amides is 1. The van der Waals surface area contributed by atoms with Crippen molar-refractivity contribution in [3.8, 4) is 23.0 Å². The average Bonchev–Trinajstić information content (AvgIpc) is 3.47. The second kappa shape index (κ2) is 12.3. The number of aromatic hydroxyl groups is 4. The van der Waals surface area contributed by atoms with Crippen LogP contribution >= 0.6 is 0 Å². The molecule has 2 aromatic rings. The third kappa shape index (κ3) is 7.16. The Morgan fingerprint density at radius 1 is 0.756 bits per heavy atom. The number of hydrogen-bond donors (Lipinski definition) is 6. The summed E-state index contributed by atoms with van der Waals surface area (Å²) >= 11 is 0. The Hall–Kier alpha value is -4.55. The zero-order valence-electron chi connectivity index (χ0n) is 21.9. The van der Waals surface area contributed by atoms with Crippen molar-refractivity contribution in [3.05, 3.63) is 59.7 Å². The predicted octanol–water partition coefficient (Wildman–Crippen LogP) is 1.57. The van der Waals surface area contributed by atoms with Gasteiger partial charge in [-0.3, -0.25) is 4.79 Å². The zero-order chi connectivity index (χ0) is 29.7. The van der Waals surface area contributed by atoms with Gasteiger partial charge in [-0.15, -0.1) is 0 Å². The van der Waals surface area contributed by atoms with Gasteiger partial charge in [-0.25, -0.2) is 9.59 Å². The Bertz CT molecular complexity index is 1280. The van der Waals surface area contributed by atoms with Gasteiger partial charge >= 0.3 is 11.9 Å². The number of phenolic OH excluding ortho intramolecular Hbond substituents is 4. The van der Waals surface area contributed by atoms with E-state index in [4.69, 9.17) is 9.47 Å². The normalized spacial score (nSPS) is 24.5. The Balaban J connectivity index is 1.50. The van der Waals surface area contributed by atoms with Crippen LogP contribution in [0.4, 0.5) is 0 Å². The first-order chi connectivity index (χ1) is 19.4. The number of rotatable bonds is 7. The Kier molecular flexibility index (Phi) is 8.84. The minimum absolute atomic E-state index is 0.339. The summed E-state index contributed by atoms with van der Waals surface area (Å²) in [6.45, 7) is 0.867. The Labute approximate surface area is 235 Å². The summed E-state index contributed by atoms with van der Waals surface area (Å²) in [6, 6.07) is 7.75. The second-order valence-electron chi connectivity index (χ2n) is 10.0. The predicted molar refractivity (Wildman–Crippen MR) is 143 cm³/mol. The number of ether oxygens (including phenoxy) is 2. The number of carbonyl (C=O) groups excluding carboxylic acids is 3. The van der Waals surface area contributed by atoms with Gasteiger partial charge in [0.2, 0.25) is 0 Å². The van der Waals surface area contributed by atoms with E-state index in [9.17, 15) is 45.0 Å². The van der Waals surface area contributed by atoms with Crippen molar-refractivity contribution < 1.29 is 54.5 Å². The molecule has 0 radical (unpaired) electrons. The molecular weight excluding hydrogens is 538 g/mol. The number of aliphatic hydroxyl groups excluding tert-OH is 1. The molecule has 2 aromatic carbocycles. The molecule has 1 heterocycles. The summed E-state index contributed by atoms with van der Waals surface area (Å²) < 4.78 is 10.7. The number of hydrogen-bond acceptors (Lipinski definition) is 11. The Morgan fingerprint density at radius 2 is 1.20 bits per heavy atom. The maximum absolute atomic E-state index is 13.2. The molecule has 1 aliphatic carbocycles. The number of aliphatic hydroxyl groups is 2. The molecule has 1 aliphatic heterocycles. The van der Waals surface area contributed by atoms with Gasteiger partial charge < -0.3 is 45.0 Å². The van der Waals surface area contributed by atoms with E-state index in [2.05, 4.69) is 0 Å². The van der Waals surface area contributed by atoms with Crippen LogP contribution in [0.15, 0.2) is 48.6 Å². The summed E-state index contributed by atoms with van der Waals surface area (Å²) in [5.41, 5.74) is -1.36. The third-order valence-corrected chi connectivity index (χ3v) is 6.99. The monoisotopic (exact) mass is 569 g/mol. The first-order valence-corrected chi connectivity index (χ1v) is 13.0. The molecule has 0 bridgehead atoms. The van der Waals surface area contributed by atoms with Crippen LogP contribution in [0, 0.1) is 0 Å². The Morgan fingerprint density at radius 3 is 1.61 bits per heavy atom.